The summed E-state index contributed by atoms with van der Waals surface area (Å²) in [6.45, 7) is 4.36. The normalized spacial score (nSPS) is 12.1. The summed E-state index contributed by atoms with van der Waals surface area (Å²) >= 11 is 0. The van der Waals surface area contributed by atoms with Crippen molar-refractivity contribution >= 4 is 5.78 Å². The second kappa shape index (κ2) is 6.30. The van der Waals surface area contributed by atoms with Gasteiger partial charge in [0.1, 0.15) is 6.10 Å². The number of carbonyl (C=O) groups is 1. The Labute approximate surface area is 114 Å². The minimum absolute atomic E-state index is 0.0196. The first kappa shape index (κ1) is 13.5. The molecule has 2 aromatic rings. The molecule has 1 unspecified atom stereocenters. The second-order valence-electron chi connectivity index (χ2n) is 4.43. The van der Waals surface area contributed by atoms with Crippen molar-refractivity contribution in [3.05, 3.63) is 71.3 Å². The van der Waals surface area contributed by atoms with Crippen LogP contribution in [0, 0.1) is 6.92 Å². The van der Waals surface area contributed by atoms with E-state index in [2.05, 4.69) is 0 Å². The van der Waals surface area contributed by atoms with Crippen molar-refractivity contribution in [2.24, 2.45) is 0 Å². The molecule has 0 saturated carbocycles. The quantitative estimate of drug-likeness (QED) is 0.755. The summed E-state index contributed by atoms with van der Waals surface area (Å²) in [6, 6.07) is 17.3. The summed E-state index contributed by atoms with van der Waals surface area (Å²) in [5, 5.41) is 0. The van der Waals surface area contributed by atoms with Crippen molar-refractivity contribution in [2.75, 3.05) is 6.61 Å². The van der Waals surface area contributed by atoms with Crippen LogP contribution in [0.5, 0.6) is 0 Å². The number of hydrogen-bond donors (Lipinski definition) is 0. The third-order valence-electron chi connectivity index (χ3n) is 3.08. The Bertz CT molecular complexity index is 546. The van der Waals surface area contributed by atoms with E-state index in [0.29, 0.717) is 6.61 Å². The van der Waals surface area contributed by atoms with Gasteiger partial charge in [-0.2, -0.15) is 0 Å². The van der Waals surface area contributed by atoms with Crippen LogP contribution in [-0.4, -0.2) is 12.4 Å². The summed E-state index contributed by atoms with van der Waals surface area (Å²) in [5.41, 5.74) is 2.61. The van der Waals surface area contributed by atoms with Crippen LogP contribution in [0.3, 0.4) is 0 Å². The molecule has 0 aromatic heterocycles. The molecule has 0 bridgehead atoms. The first-order chi connectivity index (χ1) is 9.24. The van der Waals surface area contributed by atoms with Gasteiger partial charge in [0.05, 0.1) is 0 Å². The van der Waals surface area contributed by atoms with Crippen molar-refractivity contribution in [2.45, 2.75) is 20.0 Å². The van der Waals surface area contributed by atoms with Gasteiger partial charge in [-0.15, -0.1) is 0 Å². The molecule has 0 fully saturated rings. The largest absolute Gasteiger partial charge is 0.366 e. The topological polar surface area (TPSA) is 26.3 Å². The standard InChI is InChI=1S/C17H18O2/c1-3-19-17(14-10-5-4-6-11-14)16(18)15-12-8-7-9-13(15)2/h4-12,17H,3H2,1-2H3. The first-order valence-corrected chi connectivity index (χ1v) is 6.50. The zero-order chi connectivity index (χ0) is 13.7. The number of carbonyl (C=O) groups excluding carboxylic acids is 1. The van der Waals surface area contributed by atoms with E-state index in [0.717, 1.165) is 16.7 Å². The van der Waals surface area contributed by atoms with E-state index in [1.165, 1.54) is 0 Å². The van der Waals surface area contributed by atoms with Crippen molar-refractivity contribution in [3.8, 4) is 0 Å². The second-order valence-corrected chi connectivity index (χ2v) is 4.43. The van der Waals surface area contributed by atoms with Gasteiger partial charge in [-0.05, 0) is 25.0 Å². The van der Waals surface area contributed by atoms with Gasteiger partial charge >= 0.3 is 0 Å². The van der Waals surface area contributed by atoms with Crippen molar-refractivity contribution in [1.29, 1.82) is 0 Å². The maximum absolute atomic E-state index is 12.6. The van der Waals surface area contributed by atoms with Gasteiger partial charge in [-0.1, -0.05) is 54.6 Å². The molecule has 1 atom stereocenters. The predicted octanol–water partition coefficient (Wildman–Crippen LogP) is 3.96. The molecule has 0 aliphatic rings. The molecule has 2 rings (SSSR count). The first-order valence-electron chi connectivity index (χ1n) is 6.50. The predicted molar refractivity (Wildman–Crippen MR) is 76.3 cm³/mol. The number of rotatable bonds is 5. The smallest absolute Gasteiger partial charge is 0.196 e. The molecule has 0 spiro atoms. The van der Waals surface area contributed by atoms with Gasteiger partial charge in [0.15, 0.2) is 5.78 Å². The number of ether oxygens (including phenoxy) is 1. The Morgan fingerprint density at radius 1 is 1.05 bits per heavy atom. The van der Waals surface area contributed by atoms with Crippen molar-refractivity contribution in [3.63, 3.8) is 0 Å². The zero-order valence-corrected chi connectivity index (χ0v) is 11.3. The summed E-state index contributed by atoms with van der Waals surface area (Å²) in [6.07, 6.45) is -0.521. The summed E-state index contributed by atoms with van der Waals surface area (Å²) in [4.78, 5) is 12.6. The molecule has 0 heterocycles. The highest BCUT2D eigenvalue weighted by Crippen LogP contribution is 2.23. The van der Waals surface area contributed by atoms with Crippen LogP contribution in [0.2, 0.25) is 0 Å². The highest BCUT2D eigenvalue weighted by Gasteiger charge is 2.23. The third-order valence-corrected chi connectivity index (χ3v) is 3.08. The van der Waals surface area contributed by atoms with E-state index in [1.54, 1.807) is 0 Å². The maximum Gasteiger partial charge on any atom is 0.196 e. The molecule has 0 N–H and O–H groups in total. The van der Waals surface area contributed by atoms with E-state index in [4.69, 9.17) is 4.74 Å². The maximum atomic E-state index is 12.6. The van der Waals surface area contributed by atoms with Gasteiger partial charge < -0.3 is 4.74 Å². The average molecular weight is 254 g/mol. The molecular formula is C17H18O2. The zero-order valence-electron chi connectivity index (χ0n) is 11.3. The lowest BCUT2D eigenvalue weighted by atomic mass is 9.97. The summed E-state index contributed by atoms with van der Waals surface area (Å²) in [5.74, 6) is 0.0196. The molecule has 2 aromatic carbocycles. The lowest BCUT2D eigenvalue weighted by Gasteiger charge is -2.17. The summed E-state index contributed by atoms with van der Waals surface area (Å²) in [7, 11) is 0. The molecule has 19 heavy (non-hydrogen) atoms. The van der Waals surface area contributed by atoms with E-state index in [-0.39, 0.29) is 5.78 Å². The van der Waals surface area contributed by atoms with Crippen molar-refractivity contribution < 1.29 is 9.53 Å². The molecule has 0 saturated heterocycles. The lowest BCUT2D eigenvalue weighted by Crippen LogP contribution is -2.17. The molecule has 2 heteroatoms. The molecule has 0 amide bonds. The van der Waals surface area contributed by atoms with Crippen LogP contribution >= 0.6 is 0 Å². The van der Waals surface area contributed by atoms with Crippen LogP contribution in [0.15, 0.2) is 54.6 Å². The van der Waals surface area contributed by atoms with Gasteiger partial charge in [0.2, 0.25) is 0 Å². The Morgan fingerprint density at radius 2 is 1.68 bits per heavy atom. The van der Waals surface area contributed by atoms with E-state index in [9.17, 15) is 4.79 Å². The fourth-order valence-corrected chi connectivity index (χ4v) is 2.11. The van der Waals surface area contributed by atoms with Gasteiger partial charge in [0.25, 0.3) is 0 Å². The Kier molecular flexibility index (Phi) is 4.48. The SMILES string of the molecule is CCOC(C(=O)c1ccccc1C)c1ccccc1. The minimum atomic E-state index is -0.521. The van der Waals surface area contributed by atoms with Gasteiger partial charge in [-0.3, -0.25) is 4.79 Å². The monoisotopic (exact) mass is 254 g/mol. The number of ketones is 1. The average Bonchev–Trinajstić information content (AvgIpc) is 2.45. The summed E-state index contributed by atoms with van der Waals surface area (Å²) < 4.78 is 5.65. The number of aryl methyl sites for hydroxylation is 1. The fraction of sp³-hybridized carbons (Fsp3) is 0.235. The van der Waals surface area contributed by atoms with Crippen LogP contribution in [0.25, 0.3) is 0 Å². The van der Waals surface area contributed by atoms with Crippen LogP contribution in [-0.2, 0) is 4.74 Å². The molecule has 98 valence electrons. The molecule has 2 nitrogen and oxygen atoms in total. The van der Waals surface area contributed by atoms with Gasteiger partial charge in [0, 0.05) is 12.2 Å². The Hall–Kier alpha value is -1.93. The van der Waals surface area contributed by atoms with Gasteiger partial charge in [-0.25, -0.2) is 0 Å². The van der Waals surface area contributed by atoms with Crippen molar-refractivity contribution in [1.82, 2.24) is 0 Å². The minimum Gasteiger partial charge on any atom is -0.366 e. The Morgan fingerprint density at radius 3 is 2.32 bits per heavy atom. The molecule has 0 aliphatic carbocycles. The van der Waals surface area contributed by atoms with E-state index in [1.807, 2.05) is 68.4 Å². The Balaban J connectivity index is 2.35. The van der Waals surface area contributed by atoms with E-state index < -0.39 is 6.10 Å². The number of Topliss-reactive ketones (excluding diaryl/α,β-unsaturated/α-hetero) is 1. The van der Waals surface area contributed by atoms with Crippen LogP contribution in [0.1, 0.15) is 34.5 Å². The van der Waals surface area contributed by atoms with Crippen LogP contribution < -0.4 is 0 Å². The number of hydrogen-bond acceptors (Lipinski definition) is 2. The molecular weight excluding hydrogens is 236 g/mol. The fourth-order valence-electron chi connectivity index (χ4n) is 2.11. The van der Waals surface area contributed by atoms with Crippen LogP contribution in [0.4, 0.5) is 0 Å². The van der Waals surface area contributed by atoms with E-state index >= 15 is 0 Å². The molecule has 0 aliphatic heterocycles. The number of benzene rings is 2. The highest BCUT2D eigenvalue weighted by molar-refractivity contribution is 6.01. The lowest BCUT2D eigenvalue weighted by molar-refractivity contribution is 0.0452. The third kappa shape index (κ3) is 3.09. The molecule has 0 radical (unpaired) electrons. The highest BCUT2D eigenvalue weighted by atomic mass is 16.5.